The Morgan fingerprint density at radius 1 is 1.09 bits per heavy atom. The van der Waals surface area contributed by atoms with E-state index in [1.165, 1.54) is 21.2 Å². The zero-order valence-corrected chi connectivity index (χ0v) is 14.8. The zero-order chi connectivity index (χ0) is 16.4. The second-order valence-corrected chi connectivity index (χ2v) is 7.37. The molecule has 3 nitrogen and oxygen atoms in total. The minimum Gasteiger partial charge on any atom is -0.389 e. The molecule has 0 aliphatic carbocycles. The number of fused-ring (bicyclic) bond motifs is 2. The third-order valence-electron chi connectivity index (χ3n) is 4.12. The molecular weight excluding hydrogens is 304 g/mol. The van der Waals surface area contributed by atoms with E-state index in [1.807, 2.05) is 24.8 Å². The number of hydrogen-bond donors (Lipinski definition) is 1. The van der Waals surface area contributed by atoms with Crippen LogP contribution in [0.15, 0.2) is 52.3 Å². The van der Waals surface area contributed by atoms with Crippen LogP contribution in [0, 0.1) is 0 Å². The predicted octanol–water partition coefficient (Wildman–Crippen LogP) is 4.29. The molecule has 0 bridgehead atoms. The molecule has 23 heavy (non-hydrogen) atoms. The van der Waals surface area contributed by atoms with Crippen molar-refractivity contribution in [3.05, 3.63) is 48.0 Å². The molecule has 1 aliphatic rings. The lowest BCUT2D eigenvalue weighted by atomic mass is 10.1. The van der Waals surface area contributed by atoms with Gasteiger partial charge in [-0.15, -0.1) is 0 Å². The number of para-hydroxylation sites is 1. The minimum absolute atomic E-state index is 0.439. The molecular formula is C19H24N2OS. The Labute approximate surface area is 142 Å². The zero-order valence-electron chi connectivity index (χ0n) is 14.0. The van der Waals surface area contributed by atoms with E-state index in [1.54, 1.807) is 0 Å². The standard InChI is InChI=1S/C19H24N2OS/c1-14(22)15-9-10-19-17(13-15)21(12-6-11-20(2)3)16-7-4-5-8-18(16)23-19/h4-5,7-10,13-14,22H,6,11-12H2,1-3H3/t14-/m0/s1. The van der Waals surface area contributed by atoms with Gasteiger partial charge in [0.15, 0.2) is 0 Å². The van der Waals surface area contributed by atoms with Gasteiger partial charge in [0.05, 0.1) is 17.5 Å². The number of aliphatic hydroxyl groups is 1. The molecule has 3 rings (SSSR count). The predicted molar refractivity (Wildman–Crippen MR) is 97.8 cm³/mol. The Morgan fingerprint density at radius 2 is 1.83 bits per heavy atom. The summed E-state index contributed by atoms with van der Waals surface area (Å²) in [7, 11) is 4.22. The Kier molecular flexibility index (Phi) is 4.95. The van der Waals surface area contributed by atoms with Crippen LogP contribution in [0.4, 0.5) is 11.4 Å². The van der Waals surface area contributed by atoms with Crippen LogP contribution >= 0.6 is 11.8 Å². The lowest BCUT2D eigenvalue weighted by molar-refractivity contribution is 0.199. The SMILES string of the molecule is C[C@H](O)c1ccc2c(c1)N(CCCN(C)C)c1ccccc1S2. The van der Waals surface area contributed by atoms with E-state index in [0.29, 0.717) is 0 Å². The van der Waals surface area contributed by atoms with E-state index in [4.69, 9.17) is 0 Å². The summed E-state index contributed by atoms with van der Waals surface area (Å²) in [4.78, 5) is 7.18. The fraction of sp³-hybridized carbons (Fsp3) is 0.368. The summed E-state index contributed by atoms with van der Waals surface area (Å²) in [6, 6.07) is 14.9. The third-order valence-corrected chi connectivity index (χ3v) is 5.25. The van der Waals surface area contributed by atoms with Gasteiger partial charge in [0, 0.05) is 16.3 Å². The van der Waals surface area contributed by atoms with Crippen LogP contribution in [-0.2, 0) is 0 Å². The topological polar surface area (TPSA) is 26.7 Å². The highest BCUT2D eigenvalue weighted by Gasteiger charge is 2.23. The average molecular weight is 328 g/mol. The first kappa shape index (κ1) is 16.4. The molecule has 0 aromatic heterocycles. The van der Waals surface area contributed by atoms with Gasteiger partial charge in [0.25, 0.3) is 0 Å². The summed E-state index contributed by atoms with van der Waals surface area (Å²) in [5.74, 6) is 0. The van der Waals surface area contributed by atoms with Gasteiger partial charge in [-0.05, 0) is 63.8 Å². The largest absolute Gasteiger partial charge is 0.389 e. The Bertz CT molecular complexity index is 685. The van der Waals surface area contributed by atoms with E-state index < -0.39 is 6.10 Å². The van der Waals surface area contributed by atoms with Gasteiger partial charge in [0.2, 0.25) is 0 Å². The summed E-state index contributed by atoms with van der Waals surface area (Å²) in [6.45, 7) is 3.87. The van der Waals surface area contributed by atoms with Crippen LogP contribution in [0.25, 0.3) is 0 Å². The number of nitrogens with zero attached hydrogens (tertiary/aromatic N) is 2. The first-order chi connectivity index (χ1) is 11.1. The van der Waals surface area contributed by atoms with Crippen LogP contribution in [0.2, 0.25) is 0 Å². The molecule has 0 radical (unpaired) electrons. The van der Waals surface area contributed by atoms with Crippen molar-refractivity contribution < 1.29 is 5.11 Å². The van der Waals surface area contributed by atoms with Crippen LogP contribution in [0.5, 0.6) is 0 Å². The van der Waals surface area contributed by atoms with Gasteiger partial charge >= 0.3 is 0 Å². The van der Waals surface area contributed by atoms with Gasteiger partial charge in [-0.1, -0.05) is 30.0 Å². The Hall–Kier alpha value is -1.49. The van der Waals surface area contributed by atoms with E-state index in [0.717, 1.165) is 25.1 Å². The normalized spacial score (nSPS) is 14.6. The van der Waals surface area contributed by atoms with Crippen molar-refractivity contribution in [3.63, 3.8) is 0 Å². The second-order valence-electron chi connectivity index (χ2n) is 6.28. The summed E-state index contributed by atoms with van der Waals surface area (Å²) in [5.41, 5.74) is 3.46. The molecule has 0 unspecified atom stereocenters. The molecule has 1 aliphatic heterocycles. The molecule has 0 saturated carbocycles. The molecule has 0 saturated heterocycles. The highest BCUT2D eigenvalue weighted by Crippen LogP contribution is 2.48. The monoisotopic (exact) mass is 328 g/mol. The van der Waals surface area contributed by atoms with Crippen molar-refractivity contribution >= 4 is 23.1 Å². The number of anilines is 2. The van der Waals surface area contributed by atoms with E-state index in [-0.39, 0.29) is 0 Å². The highest BCUT2D eigenvalue weighted by atomic mass is 32.2. The molecule has 1 heterocycles. The van der Waals surface area contributed by atoms with Crippen molar-refractivity contribution in [1.29, 1.82) is 0 Å². The van der Waals surface area contributed by atoms with Gasteiger partial charge in [0.1, 0.15) is 0 Å². The summed E-state index contributed by atoms with van der Waals surface area (Å²) >= 11 is 1.81. The Morgan fingerprint density at radius 3 is 2.57 bits per heavy atom. The minimum atomic E-state index is -0.439. The molecule has 0 fully saturated rings. The van der Waals surface area contributed by atoms with Crippen molar-refractivity contribution in [2.75, 3.05) is 32.1 Å². The van der Waals surface area contributed by atoms with Gasteiger partial charge < -0.3 is 14.9 Å². The highest BCUT2D eigenvalue weighted by molar-refractivity contribution is 7.99. The van der Waals surface area contributed by atoms with Crippen molar-refractivity contribution in [2.45, 2.75) is 29.2 Å². The van der Waals surface area contributed by atoms with Crippen molar-refractivity contribution in [2.24, 2.45) is 0 Å². The quantitative estimate of drug-likeness (QED) is 0.885. The second kappa shape index (κ2) is 6.95. The molecule has 0 spiro atoms. The van der Waals surface area contributed by atoms with Crippen LogP contribution in [0.1, 0.15) is 25.0 Å². The maximum absolute atomic E-state index is 9.92. The van der Waals surface area contributed by atoms with E-state index in [2.05, 4.69) is 60.3 Å². The molecule has 0 amide bonds. The van der Waals surface area contributed by atoms with E-state index in [9.17, 15) is 5.11 Å². The number of rotatable bonds is 5. The number of aliphatic hydroxyl groups excluding tert-OH is 1. The maximum atomic E-state index is 9.92. The van der Waals surface area contributed by atoms with Crippen LogP contribution in [-0.4, -0.2) is 37.2 Å². The van der Waals surface area contributed by atoms with Crippen molar-refractivity contribution in [3.8, 4) is 0 Å². The first-order valence-electron chi connectivity index (χ1n) is 8.07. The first-order valence-corrected chi connectivity index (χ1v) is 8.89. The molecule has 122 valence electrons. The smallest absolute Gasteiger partial charge is 0.0762 e. The third kappa shape index (κ3) is 3.55. The molecule has 1 N–H and O–H groups in total. The average Bonchev–Trinajstić information content (AvgIpc) is 2.53. The van der Waals surface area contributed by atoms with Gasteiger partial charge in [-0.2, -0.15) is 0 Å². The Balaban J connectivity index is 1.96. The maximum Gasteiger partial charge on any atom is 0.0762 e. The summed E-state index contributed by atoms with van der Waals surface area (Å²) in [6.07, 6.45) is 0.663. The molecule has 2 aromatic carbocycles. The molecule has 2 aromatic rings. The van der Waals surface area contributed by atoms with Gasteiger partial charge in [-0.3, -0.25) is 0 Å². The molecule has 4 heteroatoms. The van der Waals surface area contributed by atoms with Crippen LogP contribution < -0.4 is 4.90 Å². The summed E-state index contributed by atoms with van der Waals surface area (Å²) in [5, 5.41) is 9.92. The lowest BCUT2D eigenvalue weighted by Crippen LogP contribution is -2.25. The van der Waals surface area contributed by atoms with Gasteiger partial charge in [-0.25, -0.2) is 0 Å². The van der Waals surface area contributed by atoms with E-state index >= 15 is 0 Å². The number of hydrogen-bond acceptors (Lipinski definition) is 4. The molecule has 1 atom stereocenters. The lowest BCUT2D eigenvalue weighted by Gasteiger charge is -2.33. The number of benzene rings is 2. The fourth-order valence-corrected chi connectivity index (χ4v) is 3.97. The van der Waals surface area contributed by atoms with Crippen molar-refractivity contribution in [1.82, 2.24) is 4.90 Å². The summed E-state index contributed by atoms with van der Waals surface area (Å²) < 4.78 is 0. The van der Waals surface area contributed by atoms with Crippen LogP contribution in [0.3, 0.4) is 0 Å². The fourth-order valence-electron chi connectivity index (χ4n) is 2.89.